The second-order valence-corrected chi connectivity index (χ2v) is 8.98. The lowest BCUT2D eigenvalue weighted by Crippen LogP contribution is -2.48. The quantitative estimate of drug-likeness (QED) is 0.808. The molecule has 4 saturated carbocycles. The van der Waals surface area contributed by atoms with Gasteiger partial charge in [-0.25, -0.2) is 0 Å². The van der Waals surface area contributed by atoms with Gasteiger partial charge in [-0.1, -0.05) is 31.2 Å². The van der Waals surface area contributed by atoms with Crippen LogP contribution in [0.5, 0.6) is 0 Å². The first kappa shape index (κ1) is 16.2. The zero-order chi connectivity index (χ0) is 16.7. The Morgan fingerprint density at radius 2 is 1.62 bits per heavy atom. The molecule has 0 unspecified atom stereocenters. The topological polar surface area (TPSA) is 29.1 Å². The van der Waals surface area contributed by atoms with Gasteiger partial charge in [0.2, 0.25) is 5.91 Å². The summed E-state index contributed by atoms with van der Waals surface area (Å²) in [5, 5.41) is 3.27. The molecule has 1 atom stereocenters. The summed E-state index contributed by atoms with van der Waals surface area (Å²) in [7, 11) is 0. The van der Waals surface area contributed by atoms with E-state index in [9.17, 15) is 4.79 Å². The average molecular weight is 325 g/mol. The lowest BCUT2D eigenvalue weighted by Gasteiger charge is -2.56. The van der Waals surface area contributed by atoms with Crippen molar-refractivity contribution in [2.75, 3.05) is 0 Å². The van der Waals surface area contributed by atoms with Crippen LogP contribution < -0.4 is 5.32 Å². The maximum Gasteiger partial charge on any atom is 0.221 e. The Morgan fingerprint density at radius 3 is 2.12 bits per heavy atom. The first-order chi connectivity index (χ1) is 11.5. The molecule has 0 aromatic heterocycles. The minimum atomic E-state index is 0.109. The number of hydrogen-bond acceptors (Lipinski definition) is 1. The minimum absolute atomic E-state index is 0.109. The number of hydrogen-bond donors (Lipinski definition) is 1. The van der Waals surface area contributed by atoms with E-state index in [2.05, 4.69) is 43.4 Å². The predicted molar refractivity (Wildman–Crippen MR) is 97.6 cm³/mol. The fourth-order valence-electron chi connectivity index (χ4n) is 6.26. The van der Waals surface area contributed by atoms with Crippen molar-refractivity contribution in [3.8, 4) is 0 Å². The summed E-state index contributed by atoms with van der Waals surface area (Å²) < 4.78 is 0. The predicted octanol–water partition coefficient (Wildman–Crippen LogP) is 5.03. The number of carbonyl (C=O) groups is 1. The minimum Gasteiger partial charge on any atom is -0.350 e. The Kier molecular flexibility index (Phi) is 4.18. The molecule has 0 radical (unpaired) electrons. The van der Waals surface area contributed by atoms with E-state index in [0.29, 0.717) is 5.41 Å². The van der Waals surface area contributed by atoms with Gasteiger partial charge in [0.05, 0.1) is 6.04 Å². The van der Waals surface area contributed by atoms with Crippen molar-refractivity contribution in [2.24, 2.45) is 23.2 Å². The summed E-state index contributed by atoms with van der Waals surface area (Å²) >= 11 is 0. The van der Waals surface area contributed by atoms with Crippen molar-refractivity contribution >= 4 is 5.91 Å². The number of amides is 1. The molecule has 1 aromatic rings. The summed E-state index contributed by atoms with van der Waals surface area (Å²) in [6.07, 6.45) is 10.1. The molecule has 4 fully saturated rings. The van der Waals surface area contributed by atoms with Gasteiger partial charge in [-0.2, -0.15) is 0 Å². The Hall–Kier alpha value is -1.31. The summed E-state index contributed by atoms with van der Waals surface area (Å²) in [6.45, 7) is 4.28. The zero-order valence-electron chi connectivity index (χ0n) is 15.2. The number of nitrogens with one attached hydrogen (secondary N) is 1. The second-order valence-electron chi connectivity index (χ2n) is 8.98. The van der Waals surface area contributed by atoms with Crippen LogP contribution in [0.25, 0.3) is 0 Å². The highest BCUT2D eigenvalue weighted by molar-refractivity contribution is 5.77. The average Bonchev–Trinajstić information content (AvgIpc) is 2.53. The van der Waals surface area contributed by atoms with Crippen molar-refractivity contribution in [1.82, 2.24) is 5.32 Å². The largest absolute Gasteiger partial charge is 0.350 e. The van der Waals surface area contributed by atoms with Crippen molar-refractivity contribution < 1.29 is 4.79 Å². The molecule has 130 valence electrons. The van der Waals surface area contributed by atoms with Gasteiger partial charge in [-0.3, -0.25) is 4.79 Å². The van der Waals surface area contributed by atoms with E-state index in [1.165, 1.54) is 49.7 Å². The Bertz CT molecular complexity index is 568. The molecular weight excluding hydrogens is 294 g/mol. The number of carbonyl (C=O) groups excluding carboxylic acids is 1. The van der Waals surface area contributed by atoms with Gasteiger partial charge < -0.3 is 5.32 Å². The molecule has 24 heavy (non-hydrogen) atoms. The molecule has 1 amide bonds. The van der Waals surface area contributed by atoms with Gasteiger partial charge in [0.25, 0.3) is 0 Å². The first-order valence-electron chi connectivity index (χ1n) is 9.93. The van der Waals surface area contributed by atoms with Crippen LogP contribution in [0.2, 0.25) is 0 Å². The van der Waals surface area contributed by atoms with E-state index in [0.717, 1.165) is 30.6 Å². The molecule has 4 aliphatic carbocycles. The fraction of sp³-hybridized carbons (Fsp3) is 0.682. The van der Waals surface area contributed by atoms with Crippen LogP contribution in [0, 0.1) is 23.2 Å². The van der Waals surface area contributed by atoms with Crippen LogP contribution in [0.3, 0.4) is 0 Å². The van der Waals surface area contributed by atoms with E-state index in [1.54, 1.807) is 0 Å². The van der Waals surface area contributed by atoms with Gasteiger partial charge in [0.15, 0.2) is 0 Å². The number of benzene rings is 1. The molecule has 1 N–H and O–H groups in total. The fourth-order valence-corrected chi connectivity index (χ4v) is 6.26. The molecule has 5 rings (SSSR count). The molecular formula is C22H31NO. The van der Waals surface area contributed by atoms with Crippen LogP contribution in [-0.4, -0.2) is 5.91 Å². The van der Waals surface area contributed by atoms with Crippen LogP contribution in [0.1, 0.15) is 76.0 Å². The van der Waals surface area contributed by atoms with Crippen LogP contribution in [0.4, 0.5) is 0 Å². The smallest absolute Gasteiger partial charge is 0.221 e. The Morgan fingerprint density at radius 1 is 1.08 bits per heavy atom. The molecule has 0 spiro atoms. The van der Waals surface area contributed by atoms with E-state index in [-0.39, 0.29) is 11.9 Å². The van der Waals surface area contributed by atoms with Crippen molar-refractivity contribution in [2.45, 2.75) is 71.3 Å². The molecule has 2 nitrogen and oxygen atoms in total. The first-order valence-corrected chi connectivity index (χ1v) is 9.93. The standard InChI is InChI=1S/C22H31NO/c1-3-16-4-6-20(7-5-16)15(2)23-21(24)14-22-11-17-8-18(12-22)10-19(9-17)13-22/h4-7,15,17-19H,3,8-14H2,1-2H3,(H,23,24)/t15-,17?,18?,19?,22?/m1/s1. The van der Waals surface area contributed by atoms with Gasteiger partial charge in [0.1, 0.15) is 0 Å². The van der Waals surface area contributed by atoms with Crippen LogP contribution in [0.15, 0.2) is 24.3 Å². The summed E-state index contributed by atoms with van der Waals surface area (Å²) in [5.41, 5.74) is 2.90. The monoisotopic (exact) mass is 325 g/mol. The highest BCUT2D eigenvalue weighted by Crippen LogP contribution is 2.61. The molecule has 4 bridgehead atoms. The van der Waals surface area contributed by atoms with Gasteiger partial charge >= 0.3 is 0 Å². The molecule has 1 aromatic carbocycles. The van der Waals surface area contributed by atoms with Gasteiger partial charge in [-0.05, 0) is 86.2 Å². The number of rotatable bonds is 5. The summed E-state index contributed by atoms with van der Waals surface area (Å²) in [5.74, 6) is 3.03. The lowest BCUT2D eigenvalue weighted by molar-refractivity contribution is -0.130. The normalized spacial score (nSPS) is 35.0. The maximum atomic E-state index is 12.7. The molecule has 0 aliphatic heterocycles. The third-order valence-corrected chi connectivity index (χ3v) is 6.97. The molecule has 0 saturated heterocycles. The van der Waals surface area contributed by atoms with E-state index in [4.69, 9.17) is 0 Å². The Balaban J connectivity index is 1.37. The zero-order valence-corrected chi connectivity index (χ0v) is 15.2. The molecule has 2 heteroatoms. The van der Waals surface area contributed by atoms with E-state index >= 15 is 0 Å². The molecule has 4 aliphatic rings. The summed E-state index contributed by atoms with van der Waals surface area (Å²) in [6, 6.07) is 8.79. The number of aryl methyl sites for hydroxylation is 1. The SMILES string of the molecule is CCc1ccc([C@@H](C)NC(=O)CC23CC4CC(CC(C4)C2)C3)cc1. The van der Waals surface area contributed by atoms with Crippen molar-refractivity contribution in [3.63, 3.8) is 0 Å². The Labute approximate surface area is 146 Å². The van der Waals surface area contributed by atoms with Gasteiger partial charge in [-0.15, -0.1) is 0 Å². The molecule has 0 heterocycles. The second kappa shape index (κ2) is 6.20. The third kappa shape index (κ3) is 3.12. The maximum absolute atomic E-state index is 12.7. The van der Waals surface area contributed by atoms with E-state index < -0.39 is 0 Å². The highest BCUT2D eigenvalue weighted by Gasteiger charge is 2.51. The van der Waals surface area contributed by atoms with Crippen molar-refractivity contribution in [3.05, 3.63) is 35.4 Å². The van der Waals surface area contributed by atoms with Crippen molar-refractivity contribution in [1.29, 1.82) is 0 Å². The van der Waals surface area contributed by atoms with Crippen LogP contribution in [-0.2, 0) is 11.2 Å². The highest BCUT2D eigenvalue weighted by atomic mass is 16.1. The van der Waals surface area contributed by atoms with E-state index in [1.807, 2.05) is 0 Å². The summed E-state index contributed by atoms with van der Waals surface area (Å²) in [4.78, 5) is 12.7. The third-order valence-electron chi connectivity index (χ3n) is 6.97. The van der Waals surface area contributed by atoms with Gasteiger partial charge in [0, 0.05) is 6.42 Å². The lowest BCUT2D eigenvalue weighted by atomic mass is 9.49. The van der Waals surface area contributed by atoms with Crippen LogP contribution >= 0.6 is 0 Å².